The number of nitrogens with zero attached hydrogens (tertiary/aromatic N) is 1. The van der Waals surface area contributed by atoms with E-state index in [1.54, 1.807) is 13.2 Å². The number of allylic oxidation sites excluding steroid dienone is 1. The first kappa shape index (κ1) is 19.4. The molecule has 0 spiro atoms. The molecule has 31 heavy (non-hydrogen) atoms. The third-order valence-electron chi connectivity index (χ3n) is 5.68. The predicted octanol–water partition coefficient (Wildman–Crippen LogP) is 4.97. The molecule has 0 saturated heterocycles. The van der Waals surface area contributed by atoms with Gasteiger partial charge in [-0.1, -0.05) is 48.5 Å². The lowest BCUT2D eigenvalue weighted by atomic mass is 9.99. The zero-order chi connectivity index (χ0) is 21.4. The number of fused-ring (bicyclic) bond motifs is 2. The summed E-state index contributed by atoms with van der Waals surface area (Å²) in [4.78, 5) is 15.3. The van der Waals surface area contributed by atoms with Crippen LogP contribution < -0.4 is 14.2 Å². The first-order valence-electron chi connectivity index (χ1n) is 10.3. The van der Waals surface area contributed by atoms with Crippen LogP contribution >= 0.6 is 0 Å². The van der Waals surface area contributed by atoms with Crippen LogP contribution in [0.1, 0.15) is 32.6 Å². The summed E-state index contributed by atoms with van der Waals surface area (Å²) >= 11 is 0. The van der Waals surface area contributed by atoms with E-state index in [1.165, 1.54) is 5.56 Å². The Morgan fingerprint density at radius 3 is 2.65 bits per heavy atom. The Hall–Kier alpha value is -3.57. The number of ether oxygens (including phenoxy) is 3. The summed E-state index contributed by atoms with van der Waals surface area (Å²) in [6.45, 7) is 3.96. The maximum Gasteiger partial charge on any atom is 0.231 e. The van der Waals surface area contributed by atoms with Crippen LogP contribution in [0.2, 0.25) is 0 Å². The molecule has 5 nitrogen and oxygen atoms in total. The van der Waals surface area contributed by atoms with E-state index in [9.17, 15) is 4.79 Å². The summed E-state index contributed by atoms with van der Waals surface area (Å²) in [6, 6.07) is 19.8. The van der Waals surface area contributed by atoms with Gasteiger partial charge in [0.1, 0.15) is 24.0 Å². The lowest BCUT2D eigenvalue weighted by Crippen LogP contribution is -2.32. The summed E-state index contributed by atoms with van der Waals surface area (Å²) in [5.41, 5.74) is 4.49. The lowest BCUT2D eigenvalue weighted by molar-refractivity contribution is 0.0876. The minimum Gasteiger partial charge on any atom is -0.496 e. The van der Waals surface area contributed by atoms with Crippen LogP contribution in [0, 0.1) is 6.92 Å². The van der Waals surface area contributed by atoms with Gasteiger partial charge in [-0.05, 0) is 30.7 Å². The third-order valence-corrected chi connectivity index (χ3v) is 5.68. The van der Waals surface area contributed by atoms with Crippen molar-refractivity contribution in [2.24, 2.45) is 0 Å². The van der Waals surface area contributed by atoms with E-state index in [2.05, 4.69) is 17.0 Å². The zero-order valence-electron chi connectivity index (χ0n) is 17.6. The minimum atomic E-state index is -0.119. The normalized spacial score (nSPS) is 16.5. The van der Waals surface area contributed by atoms with Crippen molar-refractivity contribution in [3.05, 3.63) is 94.2 Å². The smallest absolute Gasteiger partial charge is 0.231 e. The van der Waals surface area contributed by atoms with Gasteiger partial charge in [-0.3, -0.25) is 9.69 Å². The summed E-state index contributed by atoms with van der Waals surface area (Å²) in [6.07, 6.45) is 1.74. The number of hydrogen-bond acceptors (Lipinski definition) is 5. The Kier molecular flexibility index (Phi) is 4.96. The molecule has 0 saturated carbocycles. The quantitative estimate of drug-likeness (QED) is 0.565. The molecule has 0 radical (unpaired) electrons. The van der Waals surface area contributed by atoms with Gasteiger partial charge in [0, 0.05) is 29.8 Å². The standard InChI is InChI=1S/C26H23NO4/c1-17-25-20(15-27(16-30-25)14-18-8-4-3-5-9-18)12-21-24(28)23(31-26(17)21)13-19-10-6-7-11-22(19)29-2/h3-13H,14-16H2,1-2H3/b23-13-. The van der Waals surface area contributed by atoms with Crippen LogP contribution in [-0.4, -0.2) is 24.5 Å². The molecule has 3 aromatic carbocycles. The van der Waals surface area contributed by atoms with Crippen molar-refractivity contribution in [1.29, 1.82) is 0 Å². The molecule has 156 valence electrons. The molecule has 2 heterocycles. The highest BCUT2D eigenvalue weighted by Gasteiger charge is 2.33. The molecule has 0 bridgehead atoms. The van der Waals surface area contributed by atoms with Gasteiger partial charge >= 0.3 is 0 Å². The number of hydrogen-bond donors (Lipinski definition) is 0. The predicted molar refractivity (Wildman–Crippen MR) is 118 cm³/mol. The first-order chi connectivity index (χ1) is 15.1. The second-order valence-corrected chi connectivity index (χ2v) is 7.79. The van der Waals surface area contributed by atoms with E-state index in [0.717, 1.165) is 35.5 Å². The van der Waals surface area contributed by atoms with Gasteiger partial charge in [0.05, 0.1) is 12.7 Å². The second kappa shape index (κ2) is 7.93. The molecule has 5 heteroatoms. The lowest BCUT2D eigenvalue weighted by Gasteiger charge is -2.30. The van der Waals surface area contributed by atoms with Crippen LogP contribution in [0.4, 0.5) is 0 Å². The van der Waals surface area contributed by atoms with Gasteiger partial charge in [-0.15, -0.1) is 0 Å². The highest BCUT2D eigenvalue weighted by molar-refractivity contribution is 6.15. The van der Waals surface area contributed by atoms with Crippen molar-refractivity contribution in [3.63, 3.8) is 0 Å². The van der Waals surface area contributed by atoms with Gasteiger partial charge in [0.25, 0.3) is 0 Å². The summed E-state index contributed by atoms with van der Waals surface area (Å²) in [7, 11) is 1.61. The molecule has 0 aliphatic carbocycles. The number of carbonyl (C=O) groups is 1. The summed E-state index contributed by atoms with van der Waals surface area (Å²) in [5.74, 6) is 2.27. The van der Waals surface area contributed by atoms with Crippen LogP contribution in [0.15, 0.2) is 66.4 Å². The molecule has 3 aromatic rings. The second-order valence-electron chi connectivity index (χ2n) is 7.79. The zero-order valence-corrected chi connectivity index (χ0v) is 17.6. The van der Waals surface area contributed by atoms with Crippen molar-refractivity contribution in [2.75, 3.05) is 13.8 Å². The number of benzene rings is 3. The number of Topliss-reactive ketones (excluding diaryl/α,β-unsaturated/α-hetero) is 1. The molecular weight excluding hydrogens is 390 g/mol. The Balaban J connectivity index is 1.44. The molecule has 0 unspecified atom stereocenters. The van der Waals surface area contributed by atoms with Crippen molar-refractivity contribution in [3.8, 4) is 17.2 Å². The monoisotopic (exact) mass is 413 g/mol. The minimum absolute atomic E-state index is 0.119. The SMILES string of the molecule is COc1ccccc1/C=C1\Oc2c(cc3c(c2C)OCN(Cc2ccccc2)C3)C1=O. The highest BCUT2D eigenvalue weighted by Crippen LogP contribution is 2.43. The number of rotatable bonds is 4. The molecule has 0 fully saturated rings. The molecule has 2 aliphatic rings. The fourth-order valence-electron chi connectivity index (χ4n) is 4.17. The topological polar surface area (TPSA) is 48.0 Å². The molecule has 0 atom stereocenters. The molecule has 0 aromatic heterocycles. The Bertz CT molecular complexity index is 1180. The molecule has 0 N–H and O–H groups in total. The number of carbonyl (C=O) groups excluding carboxylic acids is 1. The Labute approximate surface area is 181 Å². The van der Waals surface area contributed by atoms with Crippen LogP contribution in [-0.2, 0) is 13.1 Å². The number of ketones is 1. The fourth-order valence-corrected chi connectivity index (χ4v) is 4.17. The van der Waals surface area contributed by atoms with Gasteiger partial charge in [-0.25, -0.2) is 0 Å². The molecule has 0 amide bonds. The van der Waals surface area contributed by atoms with Gasteiger partial charge in [0.2, 0.25) is 5.78 Å². The van der Waals surface area contributed by atoms with Gasteiger partial charge < -0.3 is 14.2 Å². The average Bonchev–Trinajstić information content (AvgIpc) is 3.10. The van der Waals surface area contributed by atoms with Crippen LogP contribution in [0.5, 0.6) is 17.2 Å². The Morgan fingerprint density at radius 1 is 1.06 bits per heavy atom. The maximum absolute atomic E-state index is 13.1. The van der Waals surface area contributed by atoms with Crippen molar-refractivity contribution in [1.82, 2.24) is 4.90 Å². The molecular formula is C26H23NO4. The van der Waals surface area contributed by atoms with E-state index in [-0.39, 0.29) is 5.78 Å². The molecule has 5 rings (SSSR count). The largest absolute Gasteiger partial charge is 0.496 e. The average molecular weight is 413 g/mol. The van der Waals surface area contributed by atoms with E-state index < -0.39 is 0 Å². The highest BCUT2D eigenvalue weighted by atomic mass is 16.5. The maximum atomic E-state index is 13.1. The van der Waals surface area contributed by atoms with Crippen LogP contribution in [0.3, 0.4) is 0 Å². The Morgan fingerprint density at radius 2 is 1.84 bits per heavy atom. The molecule has 2 aliphatic heterocycles. The van der Waals surface area contributed by atoms with E-state index >= 15 is 0 Å². The van der Waals surface area contributed by atoms with Crippen molar-refractivity contribution in [2.45, 2.75) is 20.0 Å². The first-order valence-corrected chi connectivity index (χ1v) is 10.3. The van der Waals surface area contributed by atoms with Crippen molar-refractivity contribution >= 4 is 11.9 Å². The fraction of sp³-hybridized carbons (Fsp3) is 0.192. The van der Waals surface area contributed by atoms with Crippen LogP contribution in [0.25, 0.3) is 6.08 Å². The van der Waals surface area contributed by atoms with E-state index in [1.807, 2.05) is 55.5 Å². The summed E-state index contributed by atoms with van der Waals surface area (Å²) in [5, 5.41) is 0. The third kappa shape index (κ3) is 3.57. The van der Waals surface area contributed by atoms with E-state index in [0.29, 0.717) is 29.6 Å². The van der Waals surface area contributed by atoms with E-state index in [4.69, 9.17) is 14.2 Å². The summed E-state index contributed by atoms with van der Waals surface area (Å²) < 4.78 is 17.5. The van der Waals surface area contributed by atoms with Gasteiger partial charge in [-0.2, -0.15) is 0 Å². The van der Waals surface area contributed by atoms with Gasteiger partial charge in [0.15, 0.2) is 5.76 Å². The van der Waals surface area contributed by atoms with Crippen molar-refractivity contribution < 1.29 is 19.0 Å². The number of para-hydroxylation sites is 1. The number of methoxy groups -OCH3 is 1.